The van der Waals surface area contributed by atoms with E-state index in [1.165, 1.54) is 23.9 Å². The van der Waals surface area contributed by atoms with Crippen molar-refractivity contribution in [3.8, 4) is 0 Å². The van der Waals surface area contributed by atoms with Crippen LogP contribution in [0, 0.1) is 12.7 Å². The third-order valence-corrected chi connectivity index (χ3v) is 3.29. The zero-order valence-electron chi connectivity index (χ0n) is 10.4. The number of hydrogen-bond acceptors (Lipinski definition) is 4. The van der Waals surface area contributed by atoms with Crippen molar-refractivity contribution in [2.24, 2.45) is 0 Å². The number of carbonyl (C=O) groups excluding carboxylic acids is 1. The molecular formula is C13H13FN2O2S. The van der Waals surface area contributed by atoms with Gasteiger partial charge in [-0.25, -0.2) is 4.39 Å². The second-order valence-electron chi connectivity index (χ2n) is 3.99. The number of aromatic nitrogens is 1. The van der Waals surface area contributed by atoms with Crippen molar-refractivity contribution in [1.82, 2.24) is 5.16 Å². The van der Waals surface area contributed by atoms with E-state index in [1.54, 1.807) is 19.1 Å². The molecule has 0 saturated heterocycles. The van der Waals surface area contributed by atoms with E-state index in [9.17, 15) is 9.18 Å². The molecule has 1 amide bonds. The molecule has 0 aliphatic rings. The fourth-order valence-electron chi connectivity index (χ4n) is 1.49. The fraction of sp³-hybridized carbons (Fsp3) is 0.231. The number of anilines is 1. The van der Waals surface area contributed by atoms with E-state index in [-0.39, 0.29) is 17.5 Å². The summed E-state index contributed by atoms with van der Waals surface area (Å²) in [6.45, 7) is 1.75. The summed E-state index contributed by atoms with van der Waals surface area (Å²) >= 11 is 1.41. The predicted octanol–water partition coefficient (Wildman–Crippen LogP) is 2.99. The number of halogens is 1. The SMILES string of the molecule is Cc1cc(NC(=O)CSCc2cccc(F)c2)no1. The molecule has 0 aliphatic carbocycles. The van der Waals surface area contributed by atoms with Crippen molar-refractivity contribution in [2.45, 2.75) is 12.7 Å². The highest BCUT2D eigenvalue weighted by molar-refractivity contribution is 7.99. The summed E-state index contributed by atoms with van der Waals surface area (Å²) in [6, 6.07) is 7.99. The van der Waals surface area contributed by atoms with E-state index in [1.807, 2.05) is 6.07 Å². The van der Waals surface area contributed by atoms with Gasteiger partial charge in [0.1, 0.15) is 11.6 Å². The van der Waals surface area contributed by atoms with Crippen LogP contribution in [0.3, 0.4) is 0 Å². The number of thioether (sulfide) groups is 1. The number of amides is 1. The summed E-state index contributed by atoms with van der Waals surface area (Å²) in [5, 5.41) is 6.29. The van der Waals surface area contributed by atoms with Crippen molar-refractivity contribution in [3.63, 3.8) is 0 Å². The lowest BCUT2D eigenvalue weighted by atomic mass is 10.2. The van der Waals surface area contributed by atoms with Crippen LogP contribution in [0.4, 0.5) is 10.2 Å². The van der Waals surface area contributed by atoms with Crippen molar-refractivity contribution in [3.05, 3.63) is 47.5 Å². The first-order chi connectivity index (χ1) is 9.13. The lowest BCUT2D eigenvalue weighted by Gasteiger charge is -2.02. The highest BCUT2D eigenvalue weighted by Crippen LogP contribution is 2.14. The van der Waals surface area contributed by atoms with E-state index in [0.717, 1.165) is 5.56 Å². The molecule has 0 unspecified atom stereocenters. The van der Waals surface area contributed by atoms with E-state index in [0.29, 0.717) is 17.3 Å². The van der Waals surface area contributed by atoms with Crippen LogP contribution in [0.25, 0.3) is 0 Å². The summed E-state index contributed by atoms with van der Waals surface area (Å²) < 4.78 is 17.8. The molecule has 0 fully saturated rings. The molecule has 100 valence electrons. The Morgan fingerprint density at radius 1 is 1.47 bits per heavy atom. The maximum absolute atomic E-state index is 12.9. The molecule has 1 N–H and O–H groups in total. The number of benzene rings is 1. The molecule has 2 rings (SSSR count). The number of nitrogens with zero attached hydrogens (tertiary/aromatic N) is 1. The molecule has 1 aromatic heterocycles. The van der Waals surface area contributed by atoms with Gasteiger partial charge in [-0.3, -0.25) is 4.79 Å². The van der Waals surface area contributed by atoms with Crippen LogP contribution in [0.1, 0.15) is 11.3 Å². The number of hydrogen-bond donors (Lipinski definition) is 1. The molecule has 0 saturated carbocycles. The fourth-order valence-corrected chi connectivity index (χ4v) is 2.27. The number of nitrogens with one attached hydrogen (secondary N) is 1. The molecule has 0 bridgehead atoms. The average Bonchev–Trinajstić information content (AvgIpc) is 2.75. The Labute approximate surface area is 114 Å². The van der Waals surface area contributed by atoms with Gasteiger partial charge < -0.3 is 9.84 Å². The highest BCUT2D eigenvalue weighted by atomic mass is 32.2. The van der Waals surface area contributed by atoms with E-state index >= 15 is 0 Å². The number of aryl methyl sites for hydroxylation is 1. The Balaban J connectivity index is 1.75. The first kappa shape index (κ1) is 13.6. The second-order valence-corrected chi connectivity index (χ2v) is 4.98. The molecule has 4 nitrogen and oxygen atoms in total. The van der Waals surface area contributed by atoms with Gasteiger partial charge in [-0.15, -0.1) is 11.8 Å². The van der Waals surface area contributed by atoms with Gasteiger partial charge in [-0.2, -0.15) is 0 Å². The van der Waals surface area contributed by atoms with Crippen molar-refractivity contribution in [2.75, 3.05) is 11.1 Å². The Morgan fingerprint density at radius 3 is 3.00 bits per heavy atom. The molecule has 0 radical (unpaired) electrons. The third-order valence-electron chi connectivity index (χ3n) is 2.29. The summed E-state index contributed by atoms with van der Waals surface area (Å²) in [5.41, 5.74) is 0.857. The summed E-state index contributed by atoms with van der Waals surface area (Å²) in [4.78, 5) is 11.6. The standard InChI is InChI=1S/C13H13FN2O2S/c1-9-5-12(16-18-9)15-13(17)8-19-7-10-3-2-4-11(14)6-10/h2-6H,7-8H2,1H3,(H,15,16,17). The summed E-state index contributed by atoms with van der Waals surface area (Å²) in [7, 11) is 0. The molecule has 1 heterocycles. The molecule has 6 heteroatoms. The monoisotopic (exact) mass is 280 g/mol. The molecule has 2 aromatic rings. The van der Waals surface area contributed by atoms with Gasteiger partial charge in [-0.05, 0) is 24.6 Å². The lowest BCUT2D eigenvalue weighted by molar-refractivity contribution is -0.113. The smallest absolute Gasteiger partial charge is 0.235 e. The van der Waals surface area contributed by atoms with Crippen LogP contribution in [0.2, 0.25) is 0 Å². The Kier molecular flexibility index (Phi) is 4.57. The maximum atomic E-state index is 12.9. The first-order valence-corrected chi connectivity index (χ1v) is 6.84. The number of rotatable bonds is 5. The average molecular weight is 280 g/mol. The van der Waals surface area contributed by atoms with Crippen LogP contribution < -0.4 is 5.32 Å². The van der Waals surface area contributed by atoms with Crippen LogP contribution in [0.15, 0.2) is 34.9 Å². The molecule has 19 heavy (non-hydrogen) atoms. The van der Waals surface area contributed by atoms with E-state index < -0.39 is 0 Å². The third kappa shape index (κ3) is 4.40. The van der Waals surface area contributed by atoms with Crippen LogP contribution >= 0.6 is 11.8 Å². The summed E-state index contributed by atoms with van der Waals surface area (Å²) in [6.07, 6.45) is 0. The topological polar surface area (TPSA) is 55.1 Å². The predicted molar refractivity (Wildman–Crippen MR) is 72.4 cm³/mol. The molecule has 1 aromatic carbocycles. The van der Waals surface area contributed by atoms with Gasteiger partial charge in [-0.1, -0.05) is 17.3 Å². The Hall–Kier alpha value is -1.82. The first-order valence-electron chi connectivity index (χ1n) is 5.69. The minimum Gasteiger partial charge on any atom is -0.360 e. The van der Waals surface area contributed by atoms with Gasteiger partial charge in [0.05, 0.1) is 5.75 Å². The minimum absolute atomic E-state index is 0.158. The highest BCUT2D eigenvalue weighted by Gasteiger charge is 2.06. The molecule has 0 spiro atoms. The Morgan fingerprint density at radius 2 is 2.32 bits per heavy atom. The normalized spacial score (nSPS) is 10.4. The maximum Gasteiger partial charge on any atom is 0.235 e. The van der Waals surface area contributed by atoms with Crippen molar-refractivity contribution >= 4 is 23.5 Å². The van der Waals surface area contributed by atoms with Crippen LogP contribution in [0.5, 0.6) is 0 Å². The van der Waals surface area contributed by atoms with Crippen molar-refractivity contribution in [1.29, 1.82) is 0 Å². The molecule has 0 aliphatic heterocycles. The van der Waals surface area contributed by atoms with Gasteiger partial charge in [0.15, 0.2) is 5.82 Å². The quantitative estimate of drug-likeness (QED) is 0.914. The van der Waals surface area contributed by atoms with Crippen LogP contribution in [-0.2, 0) is 10.5 Å². The van der Waals surface area contributed by atoms with E-state index in [2.05, 4.69) is 10.5 Å². The van der Waals surface area contributed by atoms with Gasteiger partial charge >= 0.3 is 0 Å². The number of carbonyl (C=O) groups is 1. The molecular weight excluding hydrogens is 267 g/mol. The van der Waals surface area contributed by atoms with Gasteiger partial charge in [0.2, 0.25) is 5.91 Å². The van der Waals surface area contributed by atoms with Crippen molar-refractivity contribution < 1.29 is 13.7 Å². The Bertz CT molecular complexity index is 571. The van der Waals surface area contributed by atoms with Gasteiger partial charge in [0, 0.05) is 11.8 Å². The summed E-state index contributed by atoms with van der Waals surface area (Å²) in [5.74, 6) is 1.50. The van der Waals surface area contributed by atoms with Crippen LogP contribution in [-0.4, -0.2) is 16.8 Å². The minimum atomic E-state index is -0.263. The zero-order valence-corrected chi connectivity index (χ0v) is 11.2. The second kappa shape index (κ2) is 6.38. The molecule has 0 atom stereocenters. The lowest BCUT2D eigenvalue weighted by Crippen LogP contribution is -2.14. The van der Waals surface area contributed by atoms with E-state index in [4.69, 9.17) is 4.52 Å². The van der Waals surface area contributed by atoms with Gasteiger partial charge in [0.25, 0.3) is 0 Å². The zero-order chi connectivity index (χ0) is 13.7. The largest absolute Gasteiger partial charge is 0.360 e.